The van der Waals surface area contributed by atoms with Gasteiger partial charge in [-0.15, -0.1) is 0 Å². The van der Waals surface area contributed by atoms with Gasteiger partial charge < -0.3 is 15.3 Å². The van der Waals surface area contributed by atoms with Crippen LogP contribution in [0, 0.1) is 11.3 Å². The summed E-state index contributed by atoms with van der Waals surface area (Å²) in [4.78, 5) is 0. The maximum Gasteiger partial charge on any atom is 0.133 e. The summed E-state index contributed by atoms with van der Waals surface area (Å²) in [7, 11) is 0. The summed E-state index contributed by atoms with van der Waals surface area (Å²) in [5, 5.41) is 37.9. The van der Waals surface area contributed by atoms with E-state index in [2.05, 4.69) is 15.9 Å². The molecule has 1 aromatic rings. The molecular formula is C11H12BrNO3. The largest absolute Gasteiger partial charge is 0.507 e. The Labute approximate surface area is 102 Å². The van der Waals surface area contributed by atoms with Crippen LogP contribution in [-0.4, -0.2) is 26.8 Å². The smallest absolute Gasteiger partial charge is 0.133 e. The molecular weight excluding hydrogens is 274 g/mol. The minimum atomic E-state index is -1.05. The van der Waals surface area contributed by atoms with Crippen LogP contribution in [0.15, 0.2) is 18.2 Å². The molecule has 0 aliphatic carbocycles. The first-order valence-corrected chi connectivity index (χ1v) is 5.87. The van der Waals surface area contributed by atoms with Crippen LogP contribution in [-0.2, 0) is 0 Å². The second-order valence-corrected chi connectivity index (χ2v) is 4.17. The van der Waals surface area contributed by atoms with E-state index in [0.29, 0.717) is 17.3 Å². The molecule has 0 saturated carbocycles. The van der Waals surface area contributed by atoms with Crippen molar-refractivity contribution in [2.45, 2.75) is 18.6 Å². The van der Waals surface area contributed by atoms with Gasteiger partial charge in [-0.1, -0.05) is 22.0 Å². The summed E-state index contributed by atoms with van der Waals surface area (Å²) in [6.07, 6.45) is -1.54. The normalized spacial score (nSPS) is 14.1. The predicted octanol–water partition coefficient (Wildman–Crippen LogP) is 1.44. The van der Waals surface area contributed by atoms with E-state index in [4.69, 9.17) is 5.26 Å². The maximum absolute atomic E-state index is 9.77. The lowest BCUT2D eigenvalue weighted by Gasteiger charge is -2.17. The summed E-state index contributed by atoms with van der Waals surface area (Å²) in [5.41, 5.74) is 0.505. The Morgan fingerprint density at radius 3 is 2.62 bits per heavy atom. The molecule has 0 aliphatic rings. The number of halogens is 1. The molecule has 2 unspecified atom stereocenters. The minimum Gasteiger partial charge on any atom is -0.507 e. The number of nitriles is 1. The van der Waals surface area contributed by atoms with Crippen LogP contribution < -0.4 is 0 Å². The van der Waals surface area contributed by atoms with Gasteiger partial charge in [-0.25, -0.2) is 0 Å². The van der Waals surface area contributed by atoms with E-state index in [1.54, 1.807) is 0 Å². The first-order valence-electron chi connectivity index (χ1n) is 4.75. The van der Waals surface area contributed by atoms with Crippen molar-refractivity contribution in [2.75, 3.05) is 5.33 Å². The number of alkyl halides is 1. The third kappa shape index (κ3) is 2.95. The molecule has 0 amide bonds. The van der Waals surface area contributed by atoms with Gasteiger partial charge >= 0.3 is 0 Å². The highest BCUT2D eigenvalue weighted by Gasteiger charge is 2.18. The van der Waals surface area contributed by atoms with Crippen molar-refractivity contribution in [1.29, 1.82) is 5.26 Å². The molecule has 0 spiro atoms. The zero-order valence-corrected chi connectivity index (χ0v) is 10.1. The minimum absolute atomic E-state index is 0.0857. The Kier molecular flexibility index (Phi) is 4.74. The average molecular weight is 286 g/mol. The molecule has 0 heterocycles. The molecule has 0 saturated heterocycles. The van der Waals surface area contributed by atoms with Crippen LogP contribution in [0.4, 0.5) is 0 Å². The number of aliphatic hydroxyl groups is 2. The lowest BCUT2D eigenvalue weighted by Crippen LogP contribution is -2.18. The summed E-state index contributed by atoms with van der Waals surface area (Å²) >= 11 is 3.17. The summed E-state index contributed by atoms with van der Waals surface area (Å²) < 4.78 is 0. The van der Waals surface area contributed by atoms with E-state index >= 15 is 0 Å². The lowest BCUT2D eigenvalue weighted by atomic mass is 10.0. The molecule has 3 N–H and O–H groups in total. The van der Waals surface area contributed by atoms with E-state index in [-0.39, 0.29) is 11.3 Å². The van der Waals surface area contributed by atoms with Gasteiger partial charge in [-0.3, -0.25) is 0 Å². The SMILES string of the molecule is N#Cc1cc(C(O)C(O)CCBr)ccc1O. The van der Waals surface area contributed by atoms with Crippen LogP contribution in [0.5, 0.6) is 5.75 Å². The molecule has 0 fully saturated rings. The first kappa shape index (κ1) is 13.0. The van der Waals surface area contributed by atoms with Gasteiger partial charge in [-0.05, 0) is 24.1 Å². The van der Waals surface area contributed by atoms with Gasteiger partial charge in [0, 0.05) is 5.33 Å². The molecule has 0 bridgehead atoms. The number of rotatable bonds is 4. The van der Waals surface area contributed by atoms with Crippen LogP contribution in [0.2, 0.25) is 0 Å². The molecule has 5 heteroatoms. The maximum atomic E-state index is 9.77. The average Bonchev–Trinajstić information content (AvgIpc) is 2.29. The third-order valence-electron chi connectivity index (χ3n) is 2.25. The van der Waals surface area contributed by atoms with Crippen LogP contribution in [0.25, 0.3) is 0 Å². The highest BCUT2D eigenvalue weighted by atomic mass is 79.9. The fourth-order valence-electron chi connectivity index (χ4n) is 1.32. The molecule has 4 nitrogen and oxygen atoms in total. The van der Waals surface area contributed by atoms with Crippen molar-refractivity contribution in [3.63, 3.8) is 0 Å². The van der Waals surface area contributed by atoms with E-state index in [1.165, 1.54) is 18.2 Å². The predicted molar refractivity (Wildman–Crippen MR) is 62.2 cm³/mol. The number of benzene rings is 1. The van der Waals surface area contributed by atoms with Crippen molar-refractivity contribution < 1.29 is 15.3 Å². The third-order valence-corrected chi connectivity index (χ3v) is 2.71. The Bertz CT molecular complexity index is 403. The van der Waals surface area contributed by atoms with Crippen LogP contribution >= 0.6 is 15.9 Å². The van der Waals surface area contributed by atoms with E-state index in [9.17, 15) is 15.3 Å². The Hall–Kier alpha value is -1.09. The monoisotopic (exact) mass is 285 g/mol. The van der Waals surface area contributed by atoms with E-state index in [0.717, 1.165) is 0 Å². The fourth-order valence-corrected chi connectivity index (χ4v) is 1.79. The second kappa shape index (κ2) is 5.85. The Morgan fingerprint density at radius 2 is 2.06 bits per heavy atom. The number of phenolic OH excluding ortho intramolecular Hbond substituents is 1. The summed E-state index contributed by atoms with van der Waals surface area (Å²) in [6.45, 7) is 0. The zero-order valence-electron chi connectivity index (χ0n) is 8.47. The topological polar surface area (TPSA) is 84.5 Å². The molecule has 1 rings (SSSR count). The number of nitrogens with zero attached hydrogens (tertiary/aromatic N) is 1. The lowest BCUT2D eigenvalue weighted by molar-refractivity contribution is 0.0173. The summed E-state index contributed by atoms with van der Waals surface area (Å²) in [6, 6.07) is 6.00. The molecule has 0 radical (unpaired) electrons. The number of aliphatic hydroxyl groups excluding tert-OH is 2. The fraction of sp³-hybridized carbons (Fsp3) is 0.364. The van der Waals surface area contributed by atoms with Crippen molar-refractivity contribution in [3.05, 3.63) is 29.3 Å². The van der Waals surface area contributed by atoms with Crippen molar-refractivity contribution in [2.24, 2.45) is 0 Å². The molecule has 0 aromatic heterocycles. The zero-order chi connectivity index (χ0) is 12.1. The molecule has 1 aromatic carbocycles. The number of phenols is 1. The van der Waals surface area contributed by atoms with Gasteiger partial charge in [0.1, 0.15) is 17.9 Å². The van der Waals surface area contributed by atoms with Gasteiger partial charge in [-0.2, -0.15) is 5.26 Å². The standard InChI is InChI=1S/C11H12BrNO3/c12-4-3-10(15)11(16)7-1-2-9(14)8(5-7)6-13/h1-2,5,10-11,14-16H,3-4H2. The van der Waals surface area contributed by atoms with Gasteiger partial charge in [0.2, 0.25) is 0 Å². The first-order chi connectivity index (χ1) is 7.60. The van der Waals surface area contributed by atoms with Crippen LogP contribution in [0.1, 0.15) is 23.7 Å². The van der Waals surface area contributed by atoms with Gasteiger partial charge in [0.05, 0.1) is 11.7 Å². The number of aromatic hydroxyl groups is 1. The molecule has 16 heavy (non-hydrogen) atoms. The van der Waals surface area contributed by atoms with Crippen LogP contribution in [0.3, 0.4) is 0 Å². The number of hydrogen-bond acceptors (Lipinski definition) is 4. The Balaban J connectivity index is 2.92. The highest BCUT2D eigenvalue weighted by Crippen LogP contribution is 2.24. The number of hydrogen-bond donors (Lipinski definition) is 3. The highest BCUT2D eigenvalue weighted by molar-refractivity contribution is 9.09. The molecule has 2 atom stereocenters. The van der Waals surface area contributed by atoms with Gasteiger partial charge in [0.25, 0.3) is 0 Å². The quantitative estimate of drug-likeness (QED) is 0.731. The van der Waals surface area contributed by atoms with Gasteiger partial charge in [0.15, 0.2) is 0 Å². The van der Waals surface area contributed by atoms with E-state index in [1.807, 2.05) is 6.07 Å². The van der Waals surface area contributed by atoms with Crippen molar-refractivity contribution >= 4 is 15.9 Å². The Morgan fingerprint density at radius 1 is 1.38 bits per heavy atom. The van der Waals surface area contributed by atoms with Crippen molar-refractivity contribution in [1.82, 2.24) is 0 Å². The van der Waals surface area contributed by atoms with E-state index < -0.39 is 12.2 Å². The molecule has 86 valence electrons. The second-order valence-electron chi connectivity index (χ2n) is 3.38. The molecule has 0 aliphatic heterocycles. The summed E-state index contributed by atoms with van der Waals surface area (Å²) in [5.74, 6) is -0.131. The van der Waals surface area contributed by atoms with Crippen molar-refractivity contribution in [3.8, 4) is 11.8 Å².